The Bertz CT molecular complexity index is 1250. The van der Waals surface area contributed by atoms with Gasteiger partial charge in [-0.3, -0.25) is 9.59 Å². The SMILES string of the molecule is CCCCCOc1ccc(C2/C(=C(\O)c3cccc(OCCCC)c3)C(=O)C(=O)N2Cc2ccco2)cc1. The number of benzene rings is 2. The normalized spacial score (nSPS) is 16.7. The number of carbonyl (C=O) groups is 2. The number of Topliss-reactive ketones (excluding diaryl/α,β-unsaturated/α-hetero) is 1. The molecule has 0 radical (unpaired) electrons. The van der Waals surface area contributed by atoms with Crippen LogP contribution < -0.4 is 9.47 Å². The number of unbranched alkanes of at least 4 members (excludes halogenated alkanes) is 3. The summed E-state index contributed by atoms with van der Waals surface area (Å²) in [5.41, 5.74) is 1.13. The van der Waals surface area contributed by atoms with Gasteiger partial charge in [0.25, 0.3) is 11.7 Å². The Morgan fingerprint density at radius 1 is 0.895 bits per heavy atom. The van der Waals surface area contributed by atoms with E-state index in [9.17, 15) is 14.7 Å². The minimum atomic E-state index is -0.793. The first-order chi connectivity index (χ1) is 18.5. The number of hydrogen-bond acceptors (Lipinski definition) is 6. The Morgan fingerprint density at radius 2 is 1.63 bits per heavy atom. The van der Waals surface area contributed by atoms with E-state index < -0.39 is 17.7 Å². The van der Waals surface area contributed by atoms with Crippen molar-refractivity contribution in [3.8, 4) is 11.5 Å². The number of hydrogen-bond donors (Lipinski definition) is 1. The van der Waals surface area contributed by atoms with Crippen molar-refractivity contribution in [1.82, 2.24) is 4.90 Å². The second-order valence-electron chi connectivity index (χ2n) is 9.36. The molecule has 7 nitrogen and oxygen atoms in total. The van der Waals surface area contributed by atoms with Crippen LogP contribution in [-0.2, 0) is 16.1 Å². The Balaban J connectivity index is 1.69. The highest BCUT2D eigenvalue weighted by Gasteiger charge is 2.46. The first-order valence-electron chi connectivity index (χ1n) is 13.3. The molecule has 2 aromatic carbocycles. The van der Waals surface area contributed by atoms with Crippen LogP contribution in [-0.4, -0.2) is 34.9 Å². The van der Waals surface area contributed by atoms with Gasteiger partial charge in [-0.2, -0.15) is 0 Å². The molecule has 2 heterocycles. The van der Waals surface area contributed by atoms with Crippen LogP contribution in [0.5, 0.6) is 11.5 Å². The number of aliphatic hydroxyl groups is 1. The highest BCUT2D eigenvalue weighted by atomic mass is 16.5. The van der Waals surface area contributed by atoms with E-state index >= 15 is 0 Å². The molecular weight excluding hydrogens is 482 g/mol. The predicted molar refractivity (Wildman–Crippen MR) is 145 cm³/mol. The molecule has 1 aliphatic rings. The molecule has 3 aromatic rings. The largest absolute Gasteiger partial charge is 0.507 e. The third-order valence-corrected chi connectivity index (χ3v) is 6.53. The van der Waals surface area contributed by atoms with Crippen molar-refractivity contribution in [2.75, 3.05) is 13.2 Å². The zero-order chi connectivity index (χ0) is 26.9. The van der Waals surface area contributed by atoms with Crippen molar-refractivity contribution in [3.05, 3.63) is 89.4 Å². The number of rotatable bonds is 13. The maximum Gasteiger partial charge on any atom is 0.296 e. The van der Waals surface area contributed by atoms with Crippen LogP contribution >= 0.6 is 0 Å². The van der Waals surface area contributed by atoms with Crippen molar-refractivity contribution in [1.29, 1.82) is 0 Å². The average molecular weight is 518 g/mol. The molecule has 0 aliphatic carbocycles. The van der Waals surface area contributed by atoms with E-state index in [-0.39, 0.29) is 17.9 Å². The molecule has 1 aliphatic heterocycles. The summed E-state index contributed by atoms with van der Waals surface area (Å²) in [6.45, 7) is 5.50. The van der Waals surface area contributed by atoms with Gasteiger partial charge in [-0.1, -0.05) is 57.4 Å². The Hall–Kier alpha value is -4.00. The predicted octanol–water partition coefficient (Wildman–Crippen LogP) is 6.65. The Kier molecular flexibility index (Phi) is 9.25. The summed E-state index contributed by atoms with van der Waals surface area (Å²) in [7, 11) is 0. The van der Waals surface area contributed by atoms with Crippen molar-refractivity contribution in [2.24, 2.45) is 0 Å². The van der Waals surface area contributed by atoms with Crippen LogP contribution in [0.2, 0.25) is 0 Å². The lowest BCUT2D eigenvalue weighted by atomic mass is 9.95. The van der Waals surface area contributed by atoms with Gasteiger partial charge in [0.15, 0.2) is 0 Å². The Morgan fingerprint density at radius 3 is 2.34 bits per heavy atom. The number of furan rings is 1. The maximum atomic E-state index is 13.3. The summed E-state index contributed by atoms with van der Waals surface area (Å²) >= 11 is 0. The smallest absolute Gasteiger partial charge is 0.296 e. The van der Waals surface area contributed by atoms with Crippen LogP contribution in [0.4, 0.5) is 0 Å². The number of ketones is 1. The molecule has 1 saturated heterocycles. The first kappa shape index (κ1) is 27.0. The fourth-order valence-electron chi connectivity index (χ4n) is 4.47. The Labute approximate surface area is 223 Å². The zero-order valence-corrected chi connectivity index (χ0v) is 22.0. The average Bonchev–Trinajstić information content (AvgIpc) is 3.54. The third kappa shape index (κ3) is 6.28. The molecule has 1 aromatic heterocycles. The maximum absolute atomic E-state index is 13.3. The molecule has 1 fully saturated rings. The summed E-state index contributed by atoms with van der Waals surface area (Å²) < 4.78 is 17.1. The minimum absolute atomic E-state index is 0.0314. The van der Waals surface area contributed by atoms with Crippen LogP contribution in [0, 0.1) is 0 Å². The van der Waals surface area contributed by atoms with Gasteiger partial charge >= 0.3 is 0 Å². The van der Waals surface area contributed by atoms with Crippen LogP contribution in [0.25, 0.3) is 5.76 Å². The molecule has 4 rings (SSSR count). The number of ether oxygens (including phenoxy) is 2. The van der Waals surface area contributed by atoms with Crippen LogP contribution in [0.3, 0.4) is 0 Å². The van der Waals surface area contributed by atoms with E-state index in [2.05, 4.69) is 13.8 Å². The van der Waals surface area contributed by atoms with Crippen molar-refractivity contribution in [2.45, 2.75) is 58.5 Å². The molecule has 1 unspecified atom stereocenters. The second kappa shape index (κ2) is 13.0. The highest BCUT2D eigenvalue weighted by Crippen LogP contribution is 2.41. The van der Waals surface area contributed by atoms with Gasteiger partial charge in [-0.15, -0.1) is 0 Å². The fraction of sp³-hybridized carbons (Fsp3) is 0.355. The highest BCUT2D eigenvalue weighted by molar-refractivity contribution is 6.46. The van der Waals surface area contributed by atoms with Gasteiger partial charge in [-0.05, 0) is 54.8 Å². The number of carbonyl (C=O) groups excluding carboxylic acids is 2. The monoisotopic (exact) mass is 517 g/mol. The van der Waals surface area contributed by atoms with E-state index in [1.807, 2.05) is 24.3 Å². The molecule has 38 heavy (non-hydrogen) atoms. The second-order valence-corrected chi connectivity index (χ2v) is 9.36. The topological polar surface area (TPSA) is 89.2 Å². The molecule has 1 N–H and O–H groups in total. The lowest BCUT2D eigenvalue weighted by molar-refractivity contribution is -0.140. The van der Waals surface area contributed by atoms with Crippen molar-refractivity contribution < 1.29 is 28.6 Å². The van der Waals surface area contributed by atoms with Gasteiger partial charge in [0.1, 0.15) is 23.0 Å². The molecule has 0 saturated carbocycles. The van der Waals surface area contributed by atoms with E-state index in [1.54, 1.807) is 36.4 Å². The lowest BCUT2D eigenvalue weighted by Crippen LogP contribution is -2.29. The number of amides is 1. The molecular formula is C31H35NO6. The summed E-state index contributed by atoms with van der Waals surface area (Å²) in [6.07, 6.45) is 6.63. The van der Waals surface area contributed by atoms with E-state index in [0.29, 0.717) is 41.6 Å². The van der Waals surface area contributed by atoms with Gasteiger partial charge in [0, 0.05) is 5.56 Å². The minimum Gasteiger partial charge on any atom is -0.507 e. The first-order valence-corrected chi connectivity index (χ1v) is 13.3. The molecule has 1 atom stereocenters. The molecule has 7 heteroatoms. The number of aliphatic hydroxyl groups excluding tert-OH is 1. The van der Waals surface area contributed by atoms with Crippen molar-refractivity contribution in [3.63, 3.8) is 0 Å². The summed E-state index contributed by atoms with van der Waals surface area (Å²) in [6, 6.07) is 17.0. The third-order valence-electron chi connectivity index (χ3n) is 6.53. The van der Waals surface area contributed by atoms with Gasteiger partial charge in [0.05, 0.1) is 37.6 Å². The van der Waals surface area contributed by atoms with Gasteiger partial charge in [0.2, 0.25) is 0 Å². The van der Waals surface area contributed by atoms with Crippen LogP contribution in [0.15, 0.2) is 76.9 Å². The quantitative estimate of drug-likeness (QED) is 0.118. The van der Waals surface area contributed by atoms with E-state index in [1.165, 1.54) is 11.2 Å². The lowest BCUT2D eigenvalue weighted by Gasteiger charge is -2.24. The van der Waals surface area contributed by atoms with Gasteiger partial charge in [-0.25, -0.2) is 0 Å². The van der Waals surface area contributed by atoms with Gasteiger partial charge < -0.3 is 23.9 Å². The number of nitrogens with zero attached hydrogens (tertiary/aromatic N) is 1. The molecule has 0 bridgehead atoms. The molecule has 1 amide bonds. The summed E-state index contributed by atoms with van der Waals surface area (Å²) in [4.78, 5) is 28.0. The standard InChI is InChI=1S/C31H35NO6/c1-3-5-7-18-36-24-15-13-22(14-16-24)28-27(30(34)31(35)32(28)21-26-12-9-19-38-26)29(33)23-10-8-11-25(20-23)37-17-6-4-2/h8-16,19-20,28,33H,3-7,17-18,21H2,1-2H3/b29-27+. The van der Waals surface area contributed by atoms with Crippen molar-refractivity contribution >= 4 is 17.4 Å². The summed E-state index contributed by atoms with van der Waals surface area (Å²) in [5.74, 6) is 0.174. The van der Waals surface area contributed by atoms with E-state index in [4.69, 9.17) is 13.9 Å². The van der Waals surface area contributed by atoms with E-state index in [0.717, 1.165) is 32.1 Å². The van der Waals surface area contributed by atoms with Crippen LogP contribution in [0.1, 0.15) is 68.9 Å². The molecule has 200 valence electrons. The fourth-order valence-corrected chi connectivity index (χ4v) is 4.47. The summed E-state index contributed by atoms with van der Waals surface area (Å²) in [5, 5.41) is 11.4. The zero-order valence-electron chi connectivity index (χ0n) is 22.0. The number of likely N-dealkylation sites (tertiary alicyclic amines) is 1. The molecule has 0 spiro atoms.